The average Bonchev–Trinajstić information content (AvgIpc) is 2.33. The van der Waals surface area contributed by atoms with Crippen LogP contribution in [-0.2, 0) is 9.84 Å². The summed E-state index contributed by atoms with van der Waals surface area (Å²) < 4.78 is 22.8. The van der Waals surface area contributed by atoms with E-state index in [1.54, 1.807) is 12.1 Å². The Hall–Kier alpha value is -1.07. The van der Waals surface area contributed by atoms with E-state index in [0.717, 1.165) is 5.69 Å². The highest BCUT2D eigenvalue weighted by atomic mass is 32.2. The van der Waals surface area contributed by atoms with Crippen LogP contribution in [0.15, 0.2) is 29.2 Å². The molecule has 19 heavy (non-hydrogen) atoms. The van der Waals surface area contributed by atoms with E-state index < -0.39 is 9.84 Å². The maximum absolute atomic E-state index is 11.4. The van der Waals surface area contributed by atoms with Crippen molar-refractivity contribution in [2.45, 2.75) is 50.1 Å². The van der Waals surface area contributed by atoms with Crippen molar-refractivity contribution in [1.82, 2.24) is 5.01 Å². The predicted molar refractivity (Wildman–Crippen MR) is 77.8 cm³/mol. The van der Waals surface area contributed by atoms with Crippen LogP contribution in [-0.4, -0.2) is 31.8 Å². The smallest absolute Gasteiger partial charge is 0.175 e. The van der Waals surface area contributed by atoms with E-state index >= 15 is 0 Å². The van der Waals surface area contributed by atoms with Crippen molar-refractivity contribution < 1.29 is 8.42 Å². The lowest BCUT2D eigenvalue weighted by atomic mass is 10.00. The summed E-state index contributed by atoms with van der Waals surface area (Å²) in [7, 11) is -3.12. The SMILES string of the molecule is CC1CCCC(C)N1Nc1ccc(S(C)(=O)=O)cc1. The van der Waals surface area contributed by atoms with Crippen molar-refractivity contribution in [3.8, 4) is 0 Å². The molecule has 0 spiro atoms. The molecule has 2 atom stereocenters. The van der Waals surface area contributed by atoms with E-state index in [1.165, 1.54) is 25.5 Å². The van der Waals surface area contributed by atoms with Crippen LogP contribution in [0, 0.1) is 0 Å². The molecule has 4 nitrogen and oxygen atoms in total. The van der Waals surface area contributed by atoms with Gasteiger partial charge in [0.1, 0.15) is 0 Å². The lowest BCUT2D eigenvalue weighted by molar-refractivity contribution is 0.136. The second-order valence-electron chi connectivity index (χ2n) is 5.44. The van der Waals surface area contributed by atoms with Gasteiger partial charge in [-0.05, 0) is 51.0 Å². The third-order valence-corrected chi connectivity index (χ3v) is 4.86. The normalized spacial score (nSPS) is 25.2. The maximum atomic E-state index is 11.4. The van der Waals surface area contributed by atoms with Crippen LogP contribution in [0.2, 0.25) is 0 Å². The molecule has 106 valence electrons. The Morgan fingerprint density at radius 1 is 1.11 bits per heavy atom. The molecule has 1 N–H and O–H groups in total. The van der Waals surface area contributed by atoms with Crippen molar-refractivity contribution in [2.24, 2.45) is 0 Å². The van der Waals surface area contributed by atoms with Crippen molar-refractivity contribution in [3.63, 3.8) is 0 Å². The van der Waals surface area contributed by atoms with Crippen LogP contribution in [0.5, 0.6) is 0 Å². The fourth-order valence-electron chi connectivity index (χ4n) is 2.57. The highest BCUT2D eigenvalue weighted by Crippen LogP contribution is 2.24. The van der Waals surface area contributed by atoms with Gasteiger partial charge in [-0.2, -0.15) is 0 Å². The van der Waals surface area contributed by atoms with Gasteiger partial charge in [0.15, 0.2) is 9.84 Å². The first-order chi connectivity index (χ1) is 8.88. The first kappa shape index (κ1) is 14.3. The number of piperidine rings is 1. The van der Waals surface area contributed by atoms with Crippen LogP contribution < -0.4 is 5.43 Å². The number of benzene rings is 1. The minimum Gasteiger partial charge on any atom is -0.318 e. The number of rotatable bonds is 3. The first-order valence-corrected chi connectivity index (χ1v) is 8.62. The van der Waals surface area contributed by atoms with E-state index in [-0.39, 0.29) is 0 Å². The molecule has 5 heteroatoms. The van der Waals surface area contributed by atoms with Gasteiger partial charge in [-0.3, -0.25) is 0 Å². The first-order valence-electron chi connectivity index (χ1n) is 6.73. The highest BCUT2D eigenvalue weighted by molar-refractivity contribution is 7.90. The second kappa shape index (κ2) is 5.51. The summed E-state index contributed by atoms with van der Waals surface area (Å²) in [6, 6.07) is 7.94. The Labute approximate surface area is 115 Å². The lowest BCUT2D eigenvalue weighted by Gasteiger charge is -2.39. The molecule has 1 aromatic carbocycles. The monoisotopic (exact) mass is 282 g/mol. The average molecular weight is 282 g/mol. The summed E-state index contributed by atoms with van der Waals surface area (Å²) in [4.78, 5) is 0.359. The number of sulfone groups is 1. The zero-order chi connectivity index (χ0) is 14.0. The van der Waals surface area contributed by atoms with Crippen LogP contribution in [0.25, 0.3) is 0 Å². The molecule has 0 radical (unpaired) electrons. The third-order valence-electron chi connectivity index (χ3n) is 3.73. The van der Waals surface area contributed by atoms with E-state index in [9.17, 15) is 8.42 Å². The molecule has 1 heterocycles. The fourth-order valence-corrected chi connectivity index (χ4v) is 3.20. The van der Waals surface area contributed by atoms with E-state index in [4.69, 9.17) is 0 Å². The molecule has 2 rings (SSSR count). The topological polar surface area (TPSA) is 49.4 Å². The van der Waals surface area contributed by atoms with Gasteiger partial charge in [-0.25, -0.2) is 13.4 Å². The largest absolute Gasteiger partial charge is 0.318 e. The molecule has 0 bridgehead atoms. The Morgan fingerprint density at radius 3 is 2.11 bits per heavy atom. The number of anilines is 1. The van der Waals surface area contributed by atoms with Crippen LogP contribution >= 0.6 is 0 Å². The quantitative estimate of drug-likeness (QED) is 0.926. The molecule has 1 saturated heterocycles. The number of nitrogens with one attached hydrogen (secondary N) is 1. The predicted octanol–water partition coefficient (Wildman–Crippen LogP) is 2.68. The van der Waals surface area contributed by atoms with Crippen molar-refractivity contribution >= 4 is 15.5 Å². The number of nitrogens with zero attached hydrogens (tertiary/aromatic N) is 1. The van der Waals surface area contributed by atoms with E-state index in [1.807, 2.05) is 12.1 Å². The van der Waals surface area contributed by atoms with Gasteiger partial charge in [0.25, 0.3) is 0 Å². The second-order valence-corrected chi connectivity index (χ2v) is 7.46. The summed E-state index contributed by atoms with van der Waals surface area (Å²) in [6.45, 7) is 4.43. The van der Waals surface area contributed by atoms with Crippen LogP contribution in [0.4, 0.5) is 5.69 Å². The number of hydrazine groups is 1. The summed E-state index contributed by atoms with van der Waals surface area (Å²) in [5.41, 5.74) is 4.34. The van der Waals surface area contributed by atoms with Crippen molar-refractivity contribution in [3.05, 3.63) is 24.3 Å². The van der Waals surface area contributed by atoms with Gasteiger partial charge in [0, 0.05) is 24.0 Å². The Bertz CT molecular complexity index is 515. The summed E-state index contributed by atoms with van der Waals surface area (Å²) in [6.07, 6.45) is 4.88. The van der Waals surface area contributed by atoms with Gasteiger partial charge in [0.2, 0.25) is 0 Å². The van der Waals surface area contributed by atoms with Gasteiger partial charge in [0.05, 0.1) is 4.90 Å². The summed E-state index contributed by atoms with van der Waals surface area (Å²) in [5, 5.41) is 2.26. The Morgan fingerprint density at radius 2 is 1.63 bits per heavy atom. The van der Waals surface area contributed by atoms with Crippen molar-refractivity contribution in [2.75, 3.05) is 11.7 Å². The van der Waals surface area contributed by atoms with Crippen LogP contribution in [0.1, 0.15) is 33.1 Å². The Kier molecular flexibility index (Phi) is 4.16. The zero-order valence-corrected chi connectivity index (χ0v) is 12.6. The molecule has 1 fully saturated rings. The van der Waals surface area contributed by atoms with Gasteiger partial charge in [-0.1, -0.05) is 6.42 Å². The molecule has 1 aliphatic rings. The fraction of sp³-hybridized carbons (Fsp3) is 0.571. The summed E-state index contributed by atoms with van der Waals surface area (Å²) >= 11 is 0. The van der Waals surface area contributed by atoms with Crippen molar-refractivity contribution in [1.29, 1.82) is 0 Å². The lowest BCUT2D eigenvalue weighted by Crippen LogP contribution is -2.47. The molecular formula is C14H22N2O2S. The molecule has 1 aliphatic heterocycles. The molecule has 0 aliphatic carbocycles. The third kappa shape index (κ3) is 3.48. The van der Waals surface area contributed by atoms with E-state index in [0.29, 0.717) is 17.0 Å². The van der Waals surface area contributed by atoms with E-state index in [2.05, 4.69) is 24.3 Å². The molecule has 2 unspecified atom stereocenters. The number of hydrogen-bond acceptors (Lipinski definition) is 4. The van der Waals surface area contributed by atoms with Gasteiger partial charge >= 0.3 is 0 Å². The minimum absolute atomic E-state index is 0.359. The molecular weight excluding hydrogens is 260 g/mol. The number of hydrogen-bond donors (Lipinski definition) is 1. The molecule has 0 amide bonds. The summed E-state index contributed by atoms with van der Waals surface area (Å²) in [5.74, 6) is 0. The van der Waals surface area contributed by atoms with Crippen LogP contribution in [0.3, 0.4) is 0 Å². The zero-order valence-electron chi connectivity index (χ0n) is 11.8. The Balaban J connectivity index is 2.11. The standard InChI is InChI=1S/C14H22N2O2S/c1-11-5-4-6-12(2)16(11)15-13-7-9-14(10-8-13)19(3,17)18/h7-12,15H,4-6H2,1-3H3. The highest BCUT2D eigenvalue weighted by Gasteiger charge is 2.24. The maximum Gasteiger partial charge on any atom is 0.175 e. The molecule has 0 aromatic heterocycles. The molecule has 1 aromatic rings. The van der Waals surface area contributed by atoms with Gasteiger partial charge in [-0.15, -0.1) is 0 Å². The van der Waals surface area contributed by atoms with Gasteiger partial charge < -0.3 is 5.43 Å². The molecule has 0 saturated carbocycles. The minimum atomic E-state index is -3.12.